The van der Waals surface area contributed by atoms with Gasteiger partial charge >= 0.3 is 18.1 Å². The first kappa shape index (κ1) is 24.9. The summed E-state index contributed by atoms with van der Waals surface area (Å²) >= 11 is 0. The molecule has 0 spiro atoms. The fourth-order valence-electron chi connectivity index (χ4n) is 9.68. The van der Waals surface area contributed by atoms with Crippen LogP contribution in [0.25, 0.3) is 0 Å². The van der Waals surface area contributed by atoms with Gasteiger partial charge in [0, 0.05) is 0 Å². The van der Waals surface area contributed by atoms with Gasteiger partial charge in [-0.05, 0) is 106 Å². The fourth-order valence-corrected chi connectivity index (χ4v) is 10.2. The number of carbonyl (C=O) groups excluding carboxylic acids is 2. The molecule has 8 fully saturated rings. The summed E-state index contributed by atoms with van der Waals surface area (Å²) in [5.74, 6) is 0.921. The third kappa shape index (κ3) is 4.07. The van der Waals surface area contributed by atoms with Crippen LogP contribution in [-0.2, 0) is 29.2 Å². The molecule has 36 heavy (non-hydrogen) atoms. The van der Waals surface area contributed by atoms with Crippen molar-refractivity contribution in [2.45, 2.75) is 88.2 Å². The van der Waals surface area contributed by atoms with E-state index in [2.05, 4.69) is 0 Å². The number of esters is 2. The summed E-state index contributed by atoms with van der Waals surface area (Å²) < 4.78 is 83.6. The molecule has 8 bridgehead atoms. The average Bonchev–Trinajstić information content (AvgIpc) is 2.72. The van der Waals surface area contributed by atoms with Gasteiger partial charge in [0.2, 0.25) is 0 Å². The van der Waals surface area contributed by atoms with Crippen LogP contribution in [0.3, 0.4) is 0 Å². The molecule has 0 aliphatic heterocycles. The Bertz CT molecular complexity index is 1000. The summed E-state index contributed by atoms with van der Waals surface area (Å²) in [7, 11) is -5.73. The van der Waals surface area contributed by atoms with Gasteiger partial charge in [0.25, 0.3) is 0 Å². The van der Waals surface area contributed by atoms with Crippen molar-refractivity contribution < 1.29 is 45.2 Å². The Morgan fingerprint density at radius 1 is 0.806 bits per heavy atom. The number of ether oxygens (including phenoxy) is 2. The number of alkyl halides is 3. The van der Waals surface area contributed by atoms with E-state index in [1.54, 1.807) is 0 Å². The van der Waals surface area contributed by atoms with E-state index < -0.39 is 39.5 Å². The molecule has 0 saturated heterocycles. The molecule has 0 radical (unpaired) electrons. The smallest absolute Gasteiger partial charge is 0.407 e. The zero-order valence-corrected chi connectivity index (χ0v) is 20.8. The molecule has 0 aromatic carbocycles. The highest BCUT2D eigenvalue weighted by molar-refractivity contribution is 7.86. The number of hydrogen-bond donors (Lipinski definition) is 0. The summed E-state index contributed by atoms with van der Waals surface area (Å²) in [5.41, 5.74) is -1.39. The minimum absolute atomic E-state index is 0.0664. The summed E-state index contributed by atoms with van der Waals surface area (Å²) in [4.78, 5) is 26.6. The molecule has 0 aromatic heterocycles. The highest BCUT2D eigenvalue weighted by Gasteiger charge is 2.62. The van der Waals surface area contributed by atoms with Gasteiger partial charge in [-0.15, -0.1) is 0 Å². The molecule has 0 aromatic rings. The molecule has 7 nitrogen and oxygen atoms in total. The van der Waals surface area contributed by atoms with Crippen molar-refractivity contribution in [2.75, 3.05) is 6.61 Å². The van der Waals surface area contributed by atoms with Crippen LogP contribution in [-0.4, -0.2) is 49.0 Å². The SMILES string of the molecule is O=C(OCC(C(F)(F)F)S(=O)(=O)[O-])C12CC3CC(C1)C(OC(=O)C14CC5CC(CC(C5)C1)C4)C(C3)C2. The van der Waals surface area contributed by atoms with Crippen LogP contribution in [0.4, 0.5) is 13.2 Å². The Labute approximate surface area is 208 Å². The second-order valence-corrected chi connectivity index (χ2v) is 14.5. The zero-order chi connectivity index (χ0) is 25.7. The largest absolute Gasteiger partial charge is 0.747 e. The van der Waals surface area contributed by atoms with Gasteiger partial charge in [0.05, 0.1) is 10.8 Å². The van der Waals surface area contributed by atoms with Crippen LogP contribution in [0.2, 0.25) is 0 Å². The van der Waals surface area contributed by atoms with Crippen molar-refractivity contribution in [3.8, 4) is 0 Å². The monoisotopic (exact) mass is 533 g/mol. The third-order valence-corrected chi connectivity index (χ3v) is 11.5. The molecule has 8 rings (SSSR count). The molecule has 8 saturated carbocycles. The molecule has 3 atom stereocenters. The van der Waals surface area contributed by atoms with E-state index in [4.69, 9.17) is 9.47 Å². The van der Waals surface area contributed by atoms with E-state index in [-0.39, 0.29) is 35.2 Å². The van der Waals surface area contributed by atoms with Gasteiger partial charge in [0.1, 0.15) is 22.8 Å². The van der Waals surface area contributed by atoms with Crippen molar-refractivity contribution in [3.63, 3.8) is 0 Å². The molecule has 11 heteroatoms. The molecule has 0 heterocycles. The molecular formula is C25H32F3O7S-. The number of carbonyl (C=O) groups is 2. The van der Waals surface area contributed by atoms with E-state index in [0.717, 1.165) is 32.1 Å². The first-order valence-corrected chi connectivity index (χ1v) is 14.6. The molecule has 3 unspecified atom stereocenters. The standard InChI is InChI=1S/C25H33F3O7S/c26-25(27,28)19(36(31,32)33)12-34-21(29)24-9-16-4-17(10-24)20(18(5-16)11-24)35-22(30)23-6-13-1-14(7-23)3-15(2-13)8-23/h13-20H,1-12H2,(H,31,32,33)/p-1. The number of rotatable bonds is 6. The first-order chi connectivity index (χ1) is 16.8. The molecule has 0 amide bonds. The van der Waals surface area contributed by atoms with E-state index in [1.807, 2.05) is 0 Å². The van der Waals surface area contributed by atoms with E-state index in [0.29, 0.717) is 37.0 Å². The Morgan fingerprint density at radius 2 is 1.25 bits per heavy atom. The van der Waals surface area contributed by atoms with E-state index in [9.17, 15) is 35.7 Å². The summed E-state index contributed by atoms with van der Waals surface area (Å²) in [6.45, 7) is -1.53. The Kier molecular flexibility index (Phi) is 5.59. The van der Waals surface area contributed by atoms with Crippen LogP contribution in [0.5, 0.6) is 0 Å². The number of halogens is 3. The van der Waals surface area contributed by atoms with Gasteiger partial charge in [-0.25, -0.2) is 8.42 Å². The predicted molar refractivity (Wildman–Crippen MR) is 117 cm³/mol. The summed E-state index contributed by atoms with van der Waals surface area (Å²) in [6.07, 6.45) is 3.50. The lowest BCUT2D eigenvalue weighted by Gasteiger charge is -2.59. The Hall–Kier alpha value is -1.36. The van der Waals surface area contributed by atoms with Crippen molar-refractivity contribution in [3.05, 3.63) is 0 Å². The zero-order valence-electron chi connectivity index (χ0n) is 20.0. The van der Waals surface area contributed by atoms with Crippen LogP contribution in [0.15, 0.2) is 0 Å². The maximum Gasteiger partial charge on any atom is 0.407 e. The van der Waals surface area contributed by atoms with E-state index in [1.165, 1.54) is 19.3 Å². The predicted octanol–water partition coefficient (Wildman–Crippen LogP) is 3.96. The minimum atomic E-state index is -5.73. The van der Waals surface area contributed by atoms with Crippen LogP contribution >= 0.6 is 0 Å². The highest BCUT2D eigenvalue weighted by atomic mass is 32.2. The maximum atomic E-state index is 13.6. The first-order valence-electron chi connectivity index (χ1n) is 13.2. The van der Waals surface area contributed by atoms with Crippen molar-refractivity contribution in [1.82, 2.24) is 0 Å². The minimum Gasteiger partial charge on any atom is -0.747 e. The van der Waals surface area contributed by atoms with Crippen LogP contribution in [0, 0.1) is 46.3 Å². The normalized spacial score (nSPS) is 45.5. The highest BCUT2D eigenvalue weighted by Crippen LogP contribution is 2.63. The Balaban J connectivity index is 1.14. The second-order valence-electron chi connectivity index (χ2n) is 12.9. The average molecular weight is 534 g/mol. The van der Waals surface area contributed by atoms with Crippen molar-refractivity contribution in [2.24, 2.45) is 46.3 Å². The van der Waals surface area contributed by atoms with Crippen molar-refractivity contribution in [1.29, 1.82) is 0 Å². The second kappa shape index (κ2) is 8.07. The van der Waals surface area contributed by atoms with E-state index >= 15 is 0 Å². The molecular weight excluding hydrogens is 501 g/mol. The topological polar surface area (TPSA) is 110 Å². The molecule has 0 N–H and O–H groups in total. The summed E-state index contributed by atoms with van der Waals surface area (Å²) in [6, 6.07) is 0. The Morgan fingerprint density at radius 3 is 1.69 bits per heavy atom. The quantitative estimate of drug-likeness (QED) is 0.375. The van der Waals surface area contributed by atoms with Crippen LogP contribution < -0.4 is 0 Å². The van der Waals surface area contributed by atoms with Gasteiger partial charge in [-0.1, -0.05) is 0 Å². The molecule has 202 valence electrons. The lowest BCUT2D eigenvalue weighted by molar-refractivity contribution is -0.209. The fraction of sp³-hybridized carbons (Fsp3) is 0.920. The molecule has 8 aliphatic rings. The summed E-state index contributed by atoms with van der Waals surface area (Å²) in [5, 5.41) is -3.28. The van der Waals surface area contributed by atoms with Crippen molar-refractivity contribution >= 4 is 22.1 Å². The lowest BCUT2D eigenvalue weighted by Crippen LogP contribution is -2.59. The maximum absolute atomic E-state index is 13.6. The van der Waals surface area contributed by atoms with Crippen LogP contribution in [0.1, 0.15) is 70.6 Å². The van der Waals surface area contributed by atoms with Gasteiger partial charge in [0.15, 0.2) is 5.25 Å². The number of hydrogen-bond acceptors (Lipinski definition) is 7. The van der Waals surface area contributed by atoms with Gasteiger partial charge in [-0.3, -0.25) is 9.59 Å². The van der Waals surface area contributed by atoms with Gasteiger partial charge < -0.3 is 14.0 Å². The van der Waals surface area contributed by atoms with Gasteiger partial charge in [-0.2, -0.15) is 13.2 Å². The third-order valence-electron chi connectivity index (χ3n) is 10.4. The lowest BCUT2D eigenvalue weighted by atomic mass is 9.48. The molecule has 8 aliphatic carbocycles.